The van der Waals surface area contributed by atoms with Crippen LogP contribution in [0.1, 0.15) is 66.3 Å². The van der Waals surface area contributed by atoms with Gasteiger partial charge in [0, 0.05) is 62.4 Å². The molecule has 1 saturated heterocycles. The lowest BCUT2D eigenvalue weighted by Gasteiger charge is -2.43. The second kappa shape index (κ2) is 17.9. The monoisotopic (exact) mass is 791 g/mol. The number of para-hydroxylation sites is 2. The lowest BCUT2D eigenvalue weighted by Crippen LogP contribution is -2.57. The Labute approximate surface area is 347 Å². The normalized spacial score (nSPS) is 17.4. The molecule has 0 spiro atoms. The summed E-state index contributed by atoms with van der Waals surface area (Å²) in [4.78, 5) is 46.3. The van der Waals surface area contributed by atoms with E-state index in [1.54, 1.807) is 12.0 Å². The lowest BCUT2D eigenvalue weighted by molar-refractivity contribution is -0.137. The van der Waals surface area contributed by atoms with Crippen molar-refractivity contribution in [2.45, 2.75) is 56.4 Å². The molecule has 5 aromatic carbocycles. The number of nitrogens with zero attached hydrogens (tertiary/aromatic N) is 2. The molecule has 2 unspecified atom stereocenters. The molecule has 2 atom stereocenters. The van der Waals surface area contributed by atoms with Crippen LogP contribution in [0.2, 0.25) is 0 Å². The average Bonchev–Trinajstić information content (AvgIpc) is 3.59. The topological polar surface area (TPSA) is 97.4 Å². The number of amides is 3. The number of fused-ring (bicyclic) bond motifs is 5. The van der Waals surface area contributed by atoms with E-state index in [4.69, 9.17) is 14.2 Å². The average molecular weight is 792 g/mol. The molecular weight excluding hydrogens is 739 g/mol. The standard InChI is InChI=1S/C50H53N3O6/c1-3-53(47(54)29-35-17-5-4-6-18-35)37-30-36(31-52(32-37)49(56)58-33-42-40-21-9-7-19-38(40)39-20-8-10-22-41(39)42)48(55)51-34-50(27-15-16-28-57-2)43-23-11-13-25-45(43)59-46-26-14-12-24-44(46)50/h4-14,17-26,36-37,42H,3,15-16,27-34H2,1-2H3,(H,51,55). The maximum Gasteiger partial charge on any atom is 0.409 e. The maximum absolute atomic E-state index is 14.7. The molecule has 9 nitrogen and oxygen atoms in total. The van der Waals surface area contributed by atoms with Gasteiger partial charge in [-0.1, -0.05) is 115 Å². The number of hydrogen-bond donors (Lipinski definition) is 1. The van der Waals surface area contributed by atoms with E-state index in [1.807, 2.05) is 103 Å². The molecule has 2 aliphatic heterocycles. The van der Waals surface area contributed by atoms with Crippen molar-refractivity contribution in [1.82, 2.24) is 15.1 Å². The van der Waals surface area contributed by atoms with Crippen LogP contribution in [0, 0.1) is 5.92 Å². The molecule has 2 heterocycles. The van der Waals surface area contributed by atoms with Gasteiger partial charge < -0.3 is 29.3 Å². The van der Waals surface area contributed by atoms with Crippen LogP contribution in [0.15, 0.2) is 127 Å². The number of rotatable bonds is 14. The molecule has 3 amide bonds. The highest BCUT2D eigenvalue weighted by atomic mass is 16.6. The Bertz CT molecular complexity index is 2190. The minimum atomic E-state index is -0.580. The minimum Gasteiger partial charge on any atom is -0.457 e. The molecule has 1 N–H and O–H groups in total. The number of ether oxygens (including phenoxy) is 3. The Kier molecular flexibility index (Phi) is 12.1. The molecule has 304 valence electrons. The van der Waals surface area contributed by atoms with Gasteiger partial charge in [-0.3, -0.25) is 9.59 Å². The van der Waals surface area contributed by atoms with Crippen LogP contribution in [0.3, 0.4) is 0 Å². The number of benzene rings is 5. The maximum atomic E-state index is 14.7. The molecule has 0 saturated carbocycles. The third-order valence-electron chi connectivity index (χ3n) is 12.5. The fourth-order valence-corrected chi connectivity index (χ4v) is 9.60. The van der Waals surface area contributed by atoms with Crippen molar-refractivity contribution in [3.63, 3.8) is 0 Å². The molecule has 1 aliphatic carbocycles. The van der Waals surface area contributed by atoms with E-state index in [-0.39, 0.29) is 49.9 Å². The van der Waals surface area contributed by atoms with Crippen LogP contribution in [0.4, 0.5) is 4.79 Å². The number of likely N-dealkylation sites (N-methyl/N-ethyl adjacent to an activating group) is 1. The zero-order chi connectivity index (χ0) is 40.8. The van der Waals surface area contributed by atoms with E-state index in [0.29, 0.717) is 26.1 Å². The minimum absolute atomic E-state index is 0.0392. The van der Waals surface area contributed by atoms with E-state index in [1.165, 1.54) is 0 Å². The first-order chi connectivity index (χ1) is 28.9. The van der Waals surface area contributed by atoms with Crippen LogP contribution in [0.5, 0.6) is 11.5 Å². The quantitative estimate of drug-likeness (QED) is 0.113. The number of methoxy groups -OCH3 is 1. The Hall–Kier alpha value is -5.93. The smallest absolute Gasteiger partial charge is 0.409 e. The molecule has 3 aliphatic rings. The Morgan fingerprint density at radius 3 is 2.03 bits per heavy atom. The summed E-state index contributed by atoms with van der Waals surface area (Å²) in [5.41, 5.74) is 6.99. The molecule has 59 heavy (non-hydrogen) atoms. The van der Waals surface area contributed by atoms with Gasteiger partial charge in [-0.25, -0.2) is 4.79 Å². The summed E-state index contributed by atoms with van der Waals surface area (Å²) in [6, 6.07) is 42.0. The van der Waals surface area contributed by atoms with E-state index < -0.39 is 17.4 Å². The third-order valence-corrected chi connectivity index (χ3v) is 12.5. The zero-order valence-corrected chi connectivity index (χ0v) is 34.0. The summed E-state index contributed by atoms with van der Waals surface area (Å²) in [5, 5.41) is 3.38. The number of unbranched alkanes of at least 4 members (excludes halogenated alkanes) is 1. The van der Waals surface area contributed by atoms with Crippen molar-refractivity contribution in [3.8, 4) is 22.6 Å². The molecule has 0 aromatic heterocycles. The van der Waals surface area contributed by atoms with Crippen molar-refractivity contribution in [2.24, 2.45) is 5.92 Å². The highest BCUT2D eigenvalue weighted by Gasteiger charge is 2.44. The summed E-state index contributed by atoms with van der Waals surface area (Å²) in [7, 11) is 1.72. The zero-order valence-electron chi connectivity index (χ0n) is 34.0. The van der Waals surface area contributed by atoms with E-state index in [0.717, 1.165) is 69.7 Å². The van der Waals surface area contributed by atoms with Crippen LogP contribution < -0.4 is 10.1 Å². The number of hydrogen-bond acceptors (Lipinski definition) is 6. The fourth-order valence-electron chi connectivity index (χ4n) is 9.60. The SMILES string of the molecule is CCN(C(=O)Cc1ccccc1)C1CC(C(=O)NCC2(CCCCOC)c3ccccc3Oc3ccccc32)CN(C(=O)OCC2c3ccccc3-c3ccccc32)C1. The van der Waals surface area contributed by atoms with Gasteiger partial charge in [-0.15, -0.1) is 0 Å². The van der Waals surface area contributed by atoms with Gasteiger partial charge in [0.15, 0.2) is 0 Å². The second-order valence-corrected chi connectivity index (χ2v) is 16.0. The van der Waals surface area contributed by atoms with Crippen molar-refractivity contribution >= 4 is 17.9 Å². The molecule has 9 heteroatoms. The van der Waals surface area contributed by atoms with Gasteiger partial charge >= 0.3 is 6.09 Å². The first-order valence-corrected chi connectivity index (χ1v) is 21.0. The lowest BCUT2D eigenvalue weighted by atomic mass is 9.69. The predicted octanol–water partition coefficient (Wildman–Crippen LogP) is 8.74. The van der Waals surface area contributed by atoms with Gasteiger partial charge in [0.25, 0.3) is 0 Å². The molecule has 0 radical (unpaired) electrons. The molecular formula is C50H53N3O6. The molecule has 5 aromatic rings. The van der Waals surface area contributed by atoms with Gasteiger partial charge in [0.1, 0.15) is 18.1 Å². The van der Waals surface area contributed by atoms with Crippen LogP contribution in [-0.2, 0) is 30.9 Å². The largest absolute Gasteiger partial charge is 0.457 e. The van der Waals surface area contributed by atoms with Crippen molar-refractivity contribution in [1.29, 1.82) is 0 Å². The predicted molar refractivity (Wildman–Crippen MR) is 229 cm³/mol. The first-order valence-electron chi connectivity index (χ1n) is 21.0. The van der Waals surface area contributed by atoms with Crippen molar-refractivity contribution < 1.29 is 28.6 Å². The fraction of sp³-hybridized carbons (Fsp3) is 0.340. The second-order valence-electron chi connectivity index (χ2n) is 16.0. The molecule has 0 bridgehead atoms. The number of piperidine rings is 1. The van der Waals surface area contributed by atoms with Crippen molar-refractivity contribution in [3.05, 3.63) is 155 Å². The number of nitrogens with one attached hydrogen (secondary N) is 1. The van der Waals surface area contributed by atoms with E-state index >= 15 is 0 Å². The van der Waals surface area contributed by atoms with E-state index in [9.17, 15) is 14.4 Å². The summed E-state index contributed by atoms with van der Waals surface area (Å²) in [5.74, 6) is 0.682. The van der Waals surface area contributed by atoms with Gasteiger partial charge in [-0.05, 0) is 72.6 Å². The Morgan fingerprint density at radius 1 is 0.780 bits per heavy atom. The number of likely N-dealkylation sites (tertiary alicyclic amines) is 1. The van der Waals surface area contributed by atoms with Crippen molar-refractivity contribution in [2.75, 3.05) is 46.5 Å². The van der Waals surface area contributed by atoms with Gasteiger partial charge in [0.05, 0.1) is 18.4 Å². The highest BCUT2D eigenvalue weighted by molar-refractivity contribution is 5.82. The highest BCUT2D eigenvalue weighted by Crippen LogP contribution is 2.50. The van der Waals surface area contributed by atoms with E-state index in [2.05, 4.69) is 41.7 Å². The summed E-state index contributed by atoms with van der Waals surface area (Å²) in [6.45, 7) is 4.01. The van der Waals surface area contributed by atoms with Crippen LogP contribution >= 0.6 is 0 Å². The van der Waals surface area contributed by atoms with Crippen LogP contribution in [0.25, 0.3) is 11.1 Å². The van der Waals surface area contributed by atoms with Gasteiger partial charge in [0.2, 0.25) is 11.8 Å². The third kappa shape index (κ3) is 8.21. The molecule has 8 rings (SSSR count). The summed E-state index contributed by atoms with van der Waals surface area (Å²) in [6.07, 6.45) is 2.69. The van der Waals surface area contributed by atoms with Gasteiger partial charge in [-0.2, -0.15) is 0 Å². The Balaban J connectivity index is 1.05. The first kappa shape index (κ1) is 39.9. The summed E-state index contributed by atoms with van der Waals surface area (Å²) < 4.78 is 18.0. The number of carbonyl (C=O) groups is 3. The number of carbonyl (C=O) groups excluding carboxylic acids is 3. The summed E-state index contributed by atoms with van der Waals surface area (Å²) >= 11 is 0. The van der Waals surface area contributed by atoms with Crippen LogP contribution in [-0.4, -0.2) is 80.3 Å². The Morgan fingerprint density at radius 2 is 1.39 bits per heavy atom. The molecule has 1 fully saturated rings.